The van der Waals surface area contributed by atoms with Gasteiger partial charge < -0.3 is 12.4 Å². The molecule has 0 radical (unpaired) electrons. The van der Waals surface area contributed by atoms with E-state index in [1.54, 1.807) is 0 Å². The summed E-state index contributed by atoms with van der Waals surface area (Å²) in [7, 11) is 0. The average Bonchev–Trinajstić information content (AvgIpc) is 2.63. The Bertz CT molecular complexity index is 943. The molecule has 1 nitrogen and oxygen atoms in total. The minimum atomic E-state index is 0. The lowest BCUT2D eigenvalue weighted by Crippen LogP contribution is -3.00. The molecule has 4 aromatic rings. The monoisotopic (exact) mass is 331 g/mol. The molecule has 0 saturated heterocycles. The molecular weight excluding hydrogens is 314 g/mol. The topological polar surface area (TPSA) is 3.88 Å². The first-order valence-corrected chi connectivity index (χ1v) is 7.91. The molecule has 118 valence electrons. The quantitative estimate of drug-likeness (QED) is 0.504. The fourth-order valence-electron chi connectivity index (χ4n) is 3.05. The van der Waals surface area contributed by atoms with Crippen LogP contribution in [0.25, 0.3) is 21.9 Å². The summed E-state index contributed by atoms with van der Waals surface area (Å²) in [4.78, 5) is 0. The number of benzene rings is 3. The van der Waals surface area contributed by atoms with Gasteiger partial charge in [0.1, 0.15) is 0 Å². The van der Waals surface area contributed by atoms with E-state index < -0.39 is 0 Å². The Labute approximate surface area is 148 Å². The number of hydrogen-bond acceptors (Lipinski definition) is 0. The van der Waals surface area contributed by atoms with E-state index in [1.165, 1.54) is 27.5 Å². The molecule has 3 aromatic carbocycles. The predicted octanol–water partition coefficient (Wildman–Crippen LogP) is 1.85. The zero-order chi connectivity index (χ0) is 15.5. The van der Waals surface area contributed by atoms with Gasteiger partial charge >= 0.3 is 0 Å². The van der Waals surface area contributed by atoms with Crippen molar-refractivity contribution in [1.82, 2.24) is 0 Å². The number of halogens is 1. The lowest BCUT2D eigenvalue weighted by Gasteiger charge is -2.05. The number of nitrogens with zero attached hydrogens (tertiary/aromatic N) is 1. The number of pyridine rings is 1. The smallest absolute Gasteiger partial charge is 0.176 e. The molecule has 0 saturated carbocycles. The van der Waals surface area contributed by atoms with Gasteiger partial charge in [0.25, 0.3) is 0 Å². The molecule has 0 aliphatic heterocycles. The van der Waals surface area contributed by atoms with Crippen molar-refractivity contribution >= 4 is 10.8 Å². The summed E-state index contributed by atoms with van der Waals surface area (Å²) in [6.45, 7) is 0.877. The zero-order valence-electron chi connectivity index (χ0n) is 13.3. The van der Waals surface area contributed by atoms with Gasteiger partial charge in [0.2, 0.25) is 0 Å². The molecule has 1 heterocycles. The summed E-state index contributed by atoms with van der Waals surface area (Å²) in [5.74, 6) is 0. The lowest BCUT2D eigenvalue weighted by atomic mass is 10.0. The van der Waals surface area contributed by atoms with Gasteiger partial charge in [0.15, 0.2) is 18.9 Å². The molecule has 2 heteroatoms. The van der Waals surface area contributed by atoms with Gasteiger partial charge in [-0.15, -0.1) is 0 Å². The SMILES string of the molecule is [Cl-].c1ccc(-c2ccc[n+](Cc3cccc4ccccc34)c2)cc1. The van der Waals surface area contributed by atoms with Gasteiger partial charge in [-0.2, -0.15) is 0 Å². The van der Waals surface area contributed by atoms with E-state index in [0.29, 0.717) is 0 Å². The van der Waals surface area contributed by atoms with E-state index in [4.69, 9.17) is 0 Å². The number of fused-ring (bicyclic) bond motifs is 1. The first-order valence-electron chi connectivity index (χ1n) is 7.91. The van der Waals surface area contributed by atoms with Crippen LogP contribution < -0.4 is 17.0 Å². The molecule has 0 aliphatic carbocycles. The molecule has 24 heavy (non-hydrogen) atoms. The first-order chi connectivity index (χ1) is 11.4. The molecular formula is C22H18ClN. The summed E-state index contributed by atoms with van der Waals surface area (Å²) in [6.07, 6.45) is 4.35. The van der Waals surface area contributed by atoms with Gasteiger partial charge in [0, 0.05) is 17.2 Å². The zero-order valence-corrected chi connectivity index (χ0v) is 14.0. The van der Waals surface area contributed by atoms with Gasteiger partial charge in [-0.3, -0.25) is 0 Å². The van der Waals surface area contributed by atoms with Crippen LogP contribution in [0.3, 0.4) is 0 Å². The Kier molecular flexibility index (Phi) is 4.93. The van der Waals surface area contributed by atoms with E-state index in [1.807, 2.05) is 0 Å². The maximum absolute atomic E-state index is 2.25. The first kappa shape index (κ1) is 16.2. The van der Waals surface area contributed by atoms with Crippen LogP contribution in [0.5, 0.6) is 0 Å². The largest absolute Gasteiger partial charge is 1.00 e. The Morgan fingerprint density at radius 1 is 0.625 bits per heavy atom. The summed E-state index contributed by atoms with van der Waals surface area (Å²) in [6, 6.07) is 29.9. The number of hydrogen-bond donors (Lipinski definition) is 0. The molecule has 4 rings (SSSR count). The third kappa shape index (κ3) is 3.32. The third-order valence-electron chi connectivity index (χ3n) is 4.20. The van der Waals surface area contributed by atoms with Gasteiger partial charge in [-0.1, -0.05) is 72.8 Å². The highest BCUT2D eigenvalue weighted by molar-refractivity contribution is 5.85. The van der Waals surface area contributed by atoms with Crippen LogP contribution in [0.15, 0.2) is 97.3 Å². The molecule has 0 fully saturated rings. The van der Waals surface area contributed by atoms with Crippen LogP contribution in [-0.4, -0.2) is 0 Å². The molecule has 0 atom stereocenters. The molecule has 0 unspecified atom stereocenters. The second kappa shape index (κ2) is 7.29. The van der Waals surface area contributed by atoms with Crippen LogP contribution in [0.4, 0.5) is 0 Å². The van der Waals surface area contributed by atoms with Crippen molar-refractivity contribution < 1.29 is 17.0 Å². The predicted molar refractivity (Wildman–Crippen MR) is 95.1 cm³/mol. The number of rotatable bonds is 3. The van der Waals surface area contributed by atoms with E-state index >= 15 is 0 Å². The third-order valence-corrected chi connectivity index (χ3v) is 4.20. The van der Waals surface area contributed by atoms with Gasteiger partial charge in [0.05, 0.1) is 0 Å². The van der Waals surface area contributed by atoms with Crippen molar-refractivity contribution in [2.24, 2.45) is 0 Å². The Morgan fingerprint density at radius 3 is 2.21 bits per heavy atom. The van der Waals surface area contributed by atoms with E-state index in [-0.39, 0.29) is 12.4 Å². The van der Waals surface area contributed by atoms with Crippen molar-refractivity contribution in [2.75, 3.05) is 0 Å². The molecule has 0 amide bonds. The Morgan fingerprint density at radius 2 is 1.33 bits per heavy atom. The Balaban J connectivity index is 0.00000169. The fourth-order valence-corrected chi connectivity index (χ4v) is 3.05. The molecule has 0 bridgehead atoms. The van der Waals surface area contributed by atoms with Crippen LogP contribution in [0.1, 0.15) is 5.56 Å². The highest BCUT2D eigenvalue weighted by Crippen LogP contribution is 2.19. The summed E-state index contributed by atoms with van der Waals surface area (Å²) in [5.41, 5.74) is 3.84. The van der Waals surface area contributed by atoms with Gasteiger partial charge in [-0.25, -0.2) is 4.57 Å². The molecule has 0 spiro atoms. The van der Waals surface area contributed by atoms with Crippen molar-refractivity contribution in [1.29, 1.82) is 0 Å². The lowest BCUT2D eigenvalue weighted by molar-refractivity contribution is -0.687. The number of aromatic nitrogens is 1. The summed E-state index contributed by atoms with van der Waals surface area (Å²) in [5, 5.41) is 2.62. The molecule has 0 aliphatic rings. The second-order valence-electron chi connectivity index (χ2n) is 5.77. The van der Waals surface area contributed by atoms with Crippen LogP contribution >= 0.6 is 0 Å². The normalized spacial score (nSPS) is 10.3. The molecule has 0 N–H and O–H groups in total. The standard InChI is InChI=1S/C22H18N.ClH/c1-2-8-18(9-3-1)20-13-7-15-23(16-20)17-21-12-6-11-19-10-4-5-14-22(19)21;/h1-16H,17H2;1H/q+1;/p-1. The average molecular weight is 332 g/mol. The van der Waals surface area contributed by atoms with E-state index in [2.05, 4.69) is 102 Å². The Hall–Kier alpha value is -2.64. The summed E-state index contributed by atoms with van der Waals surface area (Å²) < 4.78 is 2.25. The molecule has 1 aromatic heterocycles. The highest BCUT2D eigenvalue weighted by atomic mass is 35.5. The maximum Gasteiger partial charge on any atom is 0.176 e. The van der Waals surface area contributed by atoms with Crippen LogP contribution in [0, 0.1) is 0 Å². The minimum absolute atomic E-state index is 0. The van der Waals surface area contributed by atoms with Crippen molar-refractivity contribution in [3.05, 3.63) is 103 Å². The maximum atomic E-state index is 2.25. The van der Waals surface area contributed by atoms with E-state index in [9.17, 15) is 0 Å². The van der Waals surface area contributed by atoms with Gasteiger partial charge in [-0.05, 0) is 22.4 Å². The van der Waals surface area contributed by atoms with E-state index in [0.717, 1.165) is 6.54 Å². The highest BCUT2D eigenvalue weighted by Gasteiger charge is 2.08. The van der Waals surface area contributed by atoms with Crippen molar-refractivity contribution in [3.63, 3.8) is 0 Å². The summed E-state index contributed by atoms with van der Waals surface area (Å²) >= 11 is 0. The second-order valence-corrected chi connectivity index (χ2v) is 5.77. The fraction of sp³-hybridized carbons (Fsp3) is 0.0455. The van der Waals surface area contributed by atoms with Crippen molar-refractivity contribution in [3.8, 4) is 11.1 Å². The van der Waals surface area contributed by atoms with Crippen LogP contribution in [0.2, 0.25) is 0 Å². The van der Waals surface area contributed by atoms with Crippen molar-refractivity contribution in [2.45, 2.75) is 6.54 Å². The van der Waals surface area contributed by atoms with Crippen LogP contribution in [-0.2, 0) is 6.54 Å². The minimum Gasteiger partial charge on any atom is -1.00 e.